The van der Waals surface area contributed by atoms with Gasteiger partial charge in [-0.3, -0.25) is 9.59 Å². The third kappa shape index (κ3) is 10.6. The fourth-order valence-corrected chi connectivity index (χ4v) is 3.17. The van der Waals surface area contributed by atoms with Gasteiger partial charge in [-0.15, -0.1) is 0 Å². The molecule has 1 rings (SSSR count). The number of carbonyl (C=O) groups is 2. The van der Waals surface area contributed by atoms with Crippen molar-refractivity contribution < 1.29 is 19.4 Å². The Morgan fingerprint density at radius 1 is 0.864 bits per heavy atom. The summed E-state index contributed by atoms with van der Waals surface area (Å²) >= 11 is 0. The second kappa shape index (κ2) is 12.5. The molecular formula is C18H32O4. The molecule has 0 heterocycles. The average Bonchev–Trinajstić information content (AvgIpc) is 2.51. The summed E-state index contributed by atoms with van der Waals surface area (Å²) in [5.74, 6) is -0.0217. The summed E-state index contributed by atoms with van der Waals surface area (Å²) in [7, 11) is 0. The molecule has 0 bridgehead atoms. The quantitative estimate of drug-likeness (QED) is 0.419. The standard InChI is InChI=1S/C18H32O4/c19-17(20)13-7-8-14-18(21)22-15-9-2-1-4-10-16-11-5-3-6-12-16/h16H,1-15H2,(H,19,20). The number of hydrogen-bond acceptors (Lipinski definition) is 3. The van der Waals surface area contributed by atoms with Crippen LogP contribution in [0.15, 0.2) is 0 Å². The van der Waals surface area contributed by atoms with Crippen LogP contribution in [0.2, 0.25) is 0 Å². The number of rotatable bonds is 12. The lowest BCUT2D eigenvalue weighted by Gasteiger charge is -2.21. The van der Waals surface area contributed by atoms with E-state index in [2.05, 4.69) is 0 Å². The van der Waals surface area contributed by atoms with Crippen LogP contribution < -0.4 is 0 Å². The molecule has 4 nitrogen and oxygen atoms in total. The van der Waals surface area contributed by atoms with Crippen molar-refractivity contribution >= 4 is 11.9 Å². The molecule has 1 N–H and O–H groups in total. The van der Waals surface area contributed by atoms with Crippen molar-refractivity contribution in [2.45, 2.75) is 89.9 Å². The van der Waals surface area contributed by atoms with E-state index in [0.29, 0.717) is 25.9 Å². The Hall–Kier alpha value is -1.06. The molecule has 1 aliphatic rings. The summed E-state index contributed by atoms with van der Waals surface area (Å²) in [6.07, 6.45) is 14.8. The largest absolute Gasteiger partial charge is 0.481 e. The maximum Gasteiger partial charge on any atom is 0.305 e. The normalized spacial score (nSPS) is 15.6. The van der Waals surface area contributed by atoms with Gasteiger partial charge in [0.05, 0.1) is 6.61 Å². The number of esters is 1. The Labute approximate surface area is 134 Å². The Balaban J connectivity index is 1.82. The third-order valence-electron chi connectivity index (χ3n) is 4.52. The third-order valence-corrected chi connectivity index (χ3v) is 4.52. The molecule has 0 radical (unpaired) electrons. The zero-order chi connectivity index (χ0) is 16.0. The van der Waals surface area contributed by atoms with Crippen LogP contribution in [-0.4, -0.2) is 23.7 Å². The summed E-state index contributed by atoms with van der Waals surface area (Å²) in [6.45, 7) is 0.515. The van der Waals surface area contributed by atoms with E-state index in [4.69, 9.17) is 9.84 Å². The lowest BCUT2D eigenvalue weighted by atomic mass is 9.85. The van der Waals surface area contributed by atoms with Crippen LogP contribution in [0.4, 0.5) is 0 Å². The second-order valence-electron chi connectivity index (χ2n) is 6.53. The topological polar surface area (TPSA) is 63.6 Å². The van der Waals surface area contributed by atoms with Crippen LogP contribution in [0.1, 0.15) is 89.9 Å². The second-order valence-corrected chi connectivity index (χ2v) is 6.53. The molecule has 0 spiro atoms. The van der Waals surface area contributed by atoms with Gasteiger partial charge in [-0.2, -0.15) is 0 Å². The molecule has 0 saturated heterocycles. The summed E-state index contributed by atoms with van der Waals surface area (Å²) in [5, 5.41) is 8.49. The van der Waals surface area contributed by atoms with E-state index >= 15 is 0 Å². The Morgan fingerprint density at radius 3 is 2.27 bits per heavy atom. The van der Waals surface area contributed by atoms with Gasteiger partial charge in [-0.05, 0) is 25.2 Å². The van der Waals surface area contributed by atoms with Gasteiger partial charge in [-0.25, -0.2) is 0 Å². The van der Waals surface area contributed by atoms with Crippen LogP contribution in [0.3, 0.4) is 0 Å². The number of unbranched alkanes of at least 4 members (excludes halogenated alkanes) is 4. The highest BCUT2D eigenvalue weighted by Crippen LogP contribution is 2.27. The van der Waals surface area contributed by atoms with Crippen LogP contribution in [0.5, 0.6) is 0 Å². The molecule has 0 unspecified atom stereocenters. The predicted molar refractivity (Wildman–Crippen MR) is 86.7 cm³/mol. The van der Waals surface area contributed by atoms with Gasteiger partial charge in [-0.1, -0.05) is 57.8 Å². The molecule has 0 amide bonds. The minimum atomic E-state index is -0.804. The lowest BCUT2D eigenvalue weighted by Crippen LogP contribution is -2.07. The van der Waals surface area contributed by atoms with Crippen molar-refractivity contribution in [1.29, 1.82) is 0 Å². The van der Waals surface area contributed by atoms with E-state index in [1.54, 1.807) is 0 Å². The van der Waals surface area contributed by atoms with Gasteiger partial charge in [0.1, 0.15) is 0 Å². The number of carboxylic acids is 1. The number of hydrogen-bond donors (Lipinski definition) is 1. The van der Waals surface area contributed by atoms with E-state index in [1.807, 2.05) is 0 Å². The minimum Gasteiger partial charge on any atom is -0.481 e. The van der Waals surface area contributed by atoms with E-state index in [0.717, 1.165) is 18.8 Å². The van der Waals surface area contributed by atoms with Crippen LogP contribution >= 0.6 is 0 Å². The van der Waals surface area contributed by atoms with Gasteiger partial charge >= 0.3 is 11.9 Å². The van der Waals surface area contributed by atoms with Crippen molar-refractivity contribution in [3.63, 3.8) is 0 Å². The molecule has 0 aliphatic heterocycles. The molecule has 0 atom stereocenters. The predicted octanol–water partition coefficient (Wildman–Crippen LogP) is 4.71. The maximum atomic E-state index is 11.4. The average molecular weight is 312 g/mol. The van der Waals surface area contributed by atoms with Crippen molar-refractivity contribution in [2.75, 3.05) is 6.61 Å². The fourth-order valence-electron chi connectivity index (χ4n) is 3.17. The summed E-state index contributed by atoms with van der Waals surface area (Å²) < 4.78 is 5.16. The molecule has 0 aromatic rings. The van der Waals surface area contributed by atoms with Crippen molar-refractivity contribution in [2.24, 2.45) is 5.92 Å². The highest BCUT2D eigenvalue weighted by Gasteiger charge is 2.12. The number of ether oxygens (including phenoxy) is 1. The molecule has 1 fully saturated rings. The first-order chi connectivity index (χ1) is 10.7. The van der Waals surface area contributed by atoms with Crippen molar-refractivity contribution in [1.82, 2.24) is 0 Å². The lowest BCUT2D eigenvalue weighted by molar-refractivity contribution is -0.144. The molecule has 128 valence electrons. The Kier molecular flexibility index (Phi) is 10.8. The van der Waals surface area contributed by atoms with E-state index in [9.17, 15) is 9.59 Å². The summed E-state index contributed by atoms with van der Waals surface area (Å²) in [4.78, 5) is 21.7. The highest BCUT2D eigenvalue weighted by atomic mass is 16.5. The van der Waals surface area contributed by atoms with E-state index < -0.39 is 5.97 Å². The Morgan fingerprint density at radius 2 is 1.55 bits per heavy atom. The molecule has 0 aromatic heterocycles. The van der Waals surface area contributed by atoms with Gasteiger partial charge in [0.2, 0.25) is 0 Å². The first-order valence-corrected chi connectivity index (χ1v) is 9.06. The zero-order valence-corrected chi connectivity index (χ0v) is 13.9. The van der Waals surface area contributed by atoms with Gasteiger partial charge in [0, 0.05) is 12.8 Å². The first kappa shape index (κ1) is 19.0. The summed E-state index contributed by atoms with van der Waals surface area (Å²) in [6, 6.07) is 0. The molecule has 22 heavy (non-hydrogen) atoms. The SMILES string of the molecule is O=C(O)CCCCC(=O)OCCCCCCC1CCCCC1. The van der Waals surface area contributed by atoms with Crippen molar-refractivity contribution in [3.8, 4) is 0 Å². The van der Waals surface area contributed by atoms with Crippen LogP contribution in [0, 0.1) is 5.92 Å². The summed E-state index contributed by atoms with van der Waals surface area (Å²) in [5.41, 5.74) is 0. The van der Waals surface area contributed by atoms with Crippen LogP contribution in [0.25, 0.3) is 0 Å². The molecule has 4 heteroatoms. The molecule has 1 saturated carbocycles. The highest BCUT2D eigenvalue weighted by molar-refractivity contribution is 5.69. The van der Waals surface area contributed by atoms with Gasteiger partial charge < -0.3 is 9.84 Å². The van der Waals surface area contributed by atoms with Gasteiger partial charge in [0.15, 0.2) is 0 Å². The van der Waals surface area contributed by atoms with Gasteiger partial charge in [0.25, 0.3) is 0 Å². The first-order valence-electron chi connectivity index (χ1n) is 9.06. The number of carboxylic acid groups (broad SMARTS) is 1. The smallest absolute Gasteiger partial charge is 0.305 e. The number of carbonyl (C=O) groups excluding carboxylic acids is 1. The Bertz CT molecular complexity index is 308. The number of aliphatic carboxylic acids is 1. The van der Waals surface area contributed by atoms with Crippen LogP contribution in [-0.2, 0) is 14.3 Å². The fraction of sp³-hybridized carbons (Fsp3) is 0.889. The molecule has 1 aliphatic carbocycles. The minimum absolute atomic E-state index is 0.133. The molecular weight excluding hydrogens is 280 g/mol. The molecule has 0 aromatic carbocycles. The van der Waals surface area contributed by atoms with E-state index in [1.165, 1.54) is 51.4 Å². The monoisotopic (exact) mass is 312 g/mol. The zero-order valence-electron chi connectivity index (χ0n) is 13.9. The maximum absolute atomic E-state index is 11.4. The van der Waals surface area contributed by atoms with Crippen molar-refractivity contribution in [3.05, 3.63) is 0 Å². The van der Waals surface area contributed by atoms with E-state index in [-0.39, 0.29) is 12.4 Å².